The Bertz CT molecular complexity index is 1190. The highest BCUT2D eigenvalue weighted by Crippen LogP contribution is 2.43. The van der Waals surface area contributed by atoms with Crippen LogP contribution in [0.5, 0.6) is 5.75 Å². The number of hydrogen-bond donors (Lipinski definition) is 3. The molecule has 152 valence electrons. The van der Waals surface area contributed by atoms with Gasteiger partial charge < -0.3 is 14.8 Å². The van der Waals surface area contributed by atoms with Crippen molar-refractivity contribution in [2.45, 2.75) is 32.7 Å². The zero-order valence-corrected chi connectivity index (χ0v) is 16.8. The summed E-state index contributed by atoms with van der Waals surface area (Å²) in [5.41, 5.74) is 3.53. The van der Waals surface area contributed by atoms with E-state index in [2.05, 4.69) is 29.5 Å². The number of guanidine groups is 1. The minimum atomic E-state index is -0.510. The summed E-state index contributed by atoms with van der Waals surface area (Å²) >= 11 is 0. The fraction of sp³-hybridized carbons (Fsp3) is 0.261. The van der Waals surface area contributed by atoms with Crippen LogP contribution in [0, 0.1) is 5.41 Å². The number of nitrogens with zero attached hydrogens (tertiary/aromatic N) is 2. The highest BCUT2D eigenvalue weighted by Gasteiger charge is 2.39. The number of rotatable bonds is 2. The van der Waals surface area contributed by atoms with Crippen LogP contribution in [0.2, 0.25) is 0 Å². The van der Waals surface area contributed by atoms with Crippen LogP contribution in [0.1, 0.15) is 38.3 Å². The molecule has 0 saturated heterocycles. The summed E-state index contributed by atoms with van der Waals surface area (Å²) in [5.74, 6) is 0.673. The highest BCUT2D eigenvalue weighted by atomic mass is 16.4. The molecule has 0 spiro atoms. The van der Waals surface area contributed by atoms with E-state index < -0.39 is 6.04 Å². The molecule has 0 amide bonds. The Hall–Kier alpha value is -3.61. The number of carbonyl (C=O) groups is 1. The van der Waals surface area contributed by atoms with Gasteiger partial charge in [0.1, 0.15) is 17.3 Å². The van der Waals surface area contributed by atoms with E-state index in [0.717, 1.165) is 23.2 Å². The van der Waals surface area contributed by atoms with Gasteiger partial charge in [0, 0.05) is 17.7 Å². The Morgan fingerprint density at radius 3 is 2.80 bits per heavy atom. The predicted octanol–water partition coefficient (Wildman–Crippen LogP) is 4.29. The van der Waals surface area contributed by atoms with E-state index in [1.54, 1.807) is 18.2 Å². The lowest BCUT2D eigenvalue weighted by atomic mass is 9.73. The molecule has 0 radical (unpaired) electrons. The maximum Gasteiger partial charge on any atom is 0.302 e. The SMILES string of the molecule is CC1(C)CC(=O)C2=C(C1)NC(Nc1nc3ccccc3o1)=N[C@@H]2c1cccc(O)c1. The summed E-state index contributed by atoms with van der Waals surface area (Å²) in [6.07, 6.45) is 1.18. The van der Waals surface area contributed by atoms with Gasteiger partial charge in [0.05, 0.1) is 0 Å². The number of aliphatic imine (C=N–C) groups is 1. The lowest BCUT2D eigenvalue weighted by Gasteiger charge is -2.37. The van der Waals surface area contributed by atoms with Crippen molar-refractivity contribution in [2.24, 2.45) is 10.4 Å². The topological polar surface area (TPSA) is 99.8 Å². The summed E-state index contributed by atoms with van der Waals surface area (Å²) in [6.45, 7) is 4.17. The Labute approximate surface area is 173 Å². The number of carbonyl (C=O) groups excluding carboxylic acids is 1. The van der Waals surface area contributed by atoms with E-state index in [1.807, 2.05) is 30.3 Å². The number of benzene rings is 2. The van der Waals surface area contributed by atoms with E-state index in [9.17, 15) is 9.90 Å². The third-order valence-corrected chi connectivity index (χ3v) is 5.43. The molecule has 0 saturated carbocycles. The molecule has 0 fully saturated rings. The van der Waals surface area contributed by atoms with E-state index in [-0.39, 0.29) is 16.9 Å². The van der Waals surface area contributed by atoms with Gasteiger partial charge in [0.25, 0.3) is 0 Å². The van der Waals surface area contributed by atoms with Crippen molar-refractivity contribution in [3.63, 3.8) is 0 Å². The van der Waals surface area contributed by atoms with Gasteiger partial charge in [-0.3, -0.25) is 10.1 Å². The van der Waals surface area contributed by atoms with Gasteiger partial charge in [0.2, 0.25) is 5.96 Å². The maximum atomic E-state index is 13.0. The molecule has 7 nitrogen and oxygen atoms in total. The molecular formula is C23H22N4O3. The van der Waals surface area contributed by atoms with E-state index >= 15 is 0 Å². The van der Waals surface area contributed by atoms with Gasteiger partial charge in [-0.05, 0) is 41.7 Å². The van der Waals surface area contributed by atoms with Crippen LogP contribution in [-0.4, -0.2) is 21.8 Å². The van der Waals surface area contributed by atoms with E-state index in [1.165, 1.54) is 0 Å². The van der Waals surface area contributed by atoms with Crippen LogP contribution < -0.4 is 10.6 Å². The predicted molar refractivity (Wildman–Crippen MR) is 114 cm³/mol. The largest absolute Gasteiger partial charge is 0.508 e. The zero-order chi connectivity index (χ0) is 20.9. The number of phenols is 1. The first kappa shape index (κ1) is 18.4. The fourth-order valence-electron chi connectivity index (χ4n) is 4.16. The summed E-state index contributed by atoms with van der Waals surface area (Å²) in [6, 6.07) is 14.2. The molecule has 1 aromatic heterocycles. The molecule has 5 rings (SSSR count). The smallest absolute Gasteiger partial charge is 0.302 e. The van der Waals surface area contributed by atoms with Crippen LogP contribution in [-0.2, 0) is 4.79 Å². The molecule has 2 aliphatic rings. The van der Waals surface area contributed by atoms with Crippen LogP contribution in [0.3, 0.4) is 0 Å². The molecule has 1 aliphatic heterocycles. The molecule has 1 atom stereocenters. The average molecular weight is 402 g/mol. The second kappa shape index (κ2) is 6.73. The lowest BCUT2D eigenvalue weighted by Crippen LogP contribution is -2.41. The van der Waals surface area contributed by atoms with Gasteiger partial charge in [0.15, 0.2) is 11.4 Å². The first-order valence-corrected chi connectivity index (χ1v) is 9.91. The molecule has 0 bridgehead atoms. The van der Waals surface area contributed by atoms with Crippen molar-refractivity contribution in [2.75, 3.05) is 5.32 Å². The summed E-state index contributed by atoms with van der Waals surface area (Å²) < 4.78 is 5.76. The van der Waals surface area contributed by atoms with Crippen molar-refractivity contribution in [3.8, 4) is 5.75 Å². The van der Waals surface area contributed by atoms with Crippen molar-refractivity contribution in [1.82, 2.24) is 10.3 Å². The number of aromatic hydroxyl groups is 1. The molecule has 0 unspecified atom stereocenters. The number of ketones is 1. The number of allylic oxidation sites excluding steroid dienone is 1. The second-order valence-corrected chi connectivity index (χ2v) is 8.55. The maximum absolute atomic E-state index is 13.0. The number of hydrogen-bond acceptors (Lipinski definition) is 7. The standard InChI is InChI=1S/C23H22N4O3/c1-23(2)11-16-19(17(29)12-23)20(13-6-5-7-14(28)10-13)26-21(24-16)27-22-25-15-8-3-4-9-18(15)30-22/h3-10,20,28H,11-12H2,1-2H3,(H2,24,25,26,27)/t20-/m1/s1. The zero-order valence-electron chi connectivity index (χ0n) is 16.8. The molecule has 3 N–H and O–H groups in total. The minimum absolute atomic E-state index is 0.0757. The molecule has 7 heteroatoms. The number of aromatic nitrogens is 1. The number of phenolic OH excluding ortho intramolecular Hbond substituents is 1. The molecule has 3 aromatic rings. The Morgan fingerprint density at radius 1 is 1.17 bits per heavy atom. The first-order chi connectivity index (χ1) is 14.4. The number of nitrogens with one attached hydrogen (secondary N) is 2. The number of Topliss-reactive ketones (excluding diaryl/α,β-unsaturated/α-hetero) is 1. The molecular weight excluding hydrogens is 380 g/mol. The van der Waals surface area contributed by atoms with Gasteiger partial charge >= 0.3 is 6.01 Å². The Morgan fingerprint density at radius 2 is 2.00 bits per heavy atom. The quantitative estimate of drug-likeness (QED) is 0.591. The fourth-order valence-corrected chi connectivity index (χ4v) is 4.16. The van der Waals surface area contributed by atoms with Crippen molar-refractivity contribution < 1.29 is 14.3 Å². The van der Waals surface area contributed by atoms with Gasteiger partial charge in [-0.25, -0.2) is 4.99 Å². The molecule has 2 aromatic carbocycles. The number of oxazole rings is 1. The number of fused-ring (bicyclic) bond motifs is 1. The summed E-state index contributed by atoms with van der Waals surface area (Å²) in [5, 5.41) is 16.4. The van der Waals surface area contributed by atoms with E-state index in [4.69, 9.17) is 9.41 Å². The third-order valence-electron chi connectivity index (χ3n) is 5.43. The van der Waals surface area contributed by atoms with Crippen molar-refractivity contribution in [3.05, 3.63) is 65.4 Å². The van der Waals surface area contributed by atoms with E-state index in [0.29, 0.717) is 29.6 Å². The summed E-state index contributed by atoms with van der Waals surface area (Å²) in [7, 11) is 0. The number of para-hydroxylation sites is 2. The number of anilines is 1. The monoisotopic (exact) mass is 402 g/mol. The van der Waals surface area contributed by atoms with Crippen molar-refractivity contribution >= 4 is 28.9 Å². The van der Waals surface area contributed by atoms with Gasteiger partial charge in [-0.15, -0.1) is 0 Å². The van der Waals surface area contributed by atoms with Crippen LogP contribution >= 0.6 is 0 Å². The highest BCUT2D eigenvalue weighted by molar-refractivity contribution is 6.03. The molecule has 30 heavy (non-hydrogen) atoms. The average Bonchev–Trinajstić information content (AvgIpc) is 3.08. The van der Waals surface area contributed by atoms with Gasteiger partial charge in [-0.1, -0.05) is 38.1 Å². The lowest BCUT2D eigenvalue weighted by molar-refractivity contribution is -0.118. The molecule has 1 aliphatic carbocycles. The Balaban J connectivity index is 1.55. The van der Waals surface area contributed by atoms with Crippen LogP contribution in [0.15, 0.2) is 69.2 Å². The normalized spacial score (nSPS) is 20.5. The van der Waals surface area contributed by atoms with Gasteiger partial charge in [-0.2, -0.15) is 4.98 Å². The summed E-state index contributed by atoms with van der Waals surface area (Å²) in [4.78, 5) is 22.2. The second-order valence-electron chi connectivity index (χ2n) is 8.55. The minimum Gasteiger partial charge on any atom is -0.508 e. The Kier molecular flexibility index (Phi) is 4.13. The van der Waals surface area contributed by atoms with Crippen molar-refractivity contribution in [1.29, 1.82) is 0 Å². The van der Waals surface area contributed by atoms with Crippen LogP contribution in [0.25, 0.3) is 11.1 Å². The molecule has 2 heterocycles. The first-order valence-electron chi connectivity index (χ1n) is 9.91. The van der Waals surface area contributed by atoms with Crippen LogP contribution in [0.4, 0.5) is 6.01 Å². The third kappa shape index (κ3) is 3.32.